The van der Waals surface area contributed by atoms with E-state index < -0.39 is 6.10 Å². The lowest BCUT2D eigenvalue weighted by atomic mass is 10.2. The van der Waals surface area contributed by atoms with Crippen molar-refractivity contribution < 1.29 is 9.84 Å². The lowest BCUT2D eigenvalue weighted by Crippen LogP contribution is -2.52. The number of aliphatic hydroxyl groups is 1. The van der Waals surface area contributed by atoms with Crippen molar-refractivity contribution in [3.63, 3.8) is 0 Å². The first kappa shape index (κ1) is 24.0. The summed E-state index contributed by atoms with van der Waals surface area (Å²) in [5, 5.41) is 13.7. The van der Waals surface area contributed by atoms with Crippen LogP contribution in [0.15, 0.2) is 41.4 Å². The Morgan fingerprint density at radius 1 is 1.24 bits per heavy atom. The van der Waals surface area contributed by atoms with Crippen LogP contribution in [0.25, 0.3) is 0 Å². The summed E-state index contributed by atoms with van der Waals surface area (Å²) in [6.07, 6.45) is -0.638. The zero-order chi connectivity index (χ0) is 19.9. The van der Waals surface area contributed by atoms with Gasteiger partial charge in [-0.2, -0.15) is 0 Å². The number of rotatable bonds is 6. The summed E-state index contributed by atoms with van der Waals surface area (Å²) in [5.41, 5.74) is 1.12. The van der Waals surface area contributed by atoms with E-state index in [1.807, 2.05) is 24.3 Å². The molecule has 1 atom stereocenters. The van der Waals surface area contributed by atoms with Gasteiger partial charge in [-0.1, -0.05) is 23.7 Å². The van der Waals surface area contributed by atoms with Crippen LogP contribution >= 0.6 is 46.9 Å². The molecule has 1 aromatic heterocycles. The molecular formula is C20H28ClIN4O2S. The SMILES string of the molecule is CCNC(=NCC(O)c1ccc(Cl)s1)N1CCN(c2ccccc2OC)CC1.I. The Balaban J connectivity index is 0.00000300. The van der Waals surface area contributed by atoms with Crippen molar-refractivity contribution in [3.05, 3.63) is 45.6 Å². The van der Waals surface area contributed by atoms with Crippen LogP contribution in [0.5, 0.6) is 5.75 Å². The fourth-order valence-electron chi connectivity index (χ4n) is 3.25. The molecule has 0 radical (unpaired) electrons. The second kappa shape index (κ2) is 11.8. The van der Waals surface area contributed by atoms with Crippen LogP contribution in [0.4, 0.5) is 5.69 Å². The number of guanidine groups is 1. The molecule has 1 aliphatic heterocycles. The number of halogens is 2. The molecule has 0 aliphatic carbocycles. The van der Waals surface area contributed by atoms with Gasteiger partial charge in [-0.15, -0.1) is 35.3 Å². The number of piperazine rings is 1. The number of anilines is 1. The van der Waals surface area contributed by atoms with Crippen LogP contribution < -0.4 is 15.0 Å². The smallest absolute Gasteiger partial charge is 0.194 e. The highest BCUT2D eigenvalue weighted by molar-refractivity contribution is 14.0. The highest BCUT2D eigenvalue weighted by Gasteiger charge is 2.22. The number of hydrogen-bond acceptors (Lipinski definition) is 5. The molecule has 1 unspecified atom stereocenters. The van der Waals surface area contributed by atoms with Gasteiger partial charge in [-0.25, -0.2) is 0 Å². The van der Waals surface area contributed by atoms with Crippen LogP contribution in [0.2, 0.25) is 4.34 Å². The third-order valence-corrected chi connectivity index (χ3v) is 6.01. The van der Waals surface area contributed by atoms with Crippen molar-refractivity contribution in [1.29, 1.82) is 0 Å². The van der Waals surface area contributed by atoms with Crippen LogP contribution in [0.3, 0.4) is 0 Å². The Kier molecular flexibility index (Phi) is 9.81. The van der Waals surface area contributed by atoms with Gasteiger partial charge < -0.3 is 25.0 Å². The number of methoxy groups -OCH3 is 1. The topological polar surface area (TPSA) is 60.3 Å². The van der Waals surface area contributed by atoms with Crippen molar-refractivity contribution in [2.45, 2.75) is 13.0 Å². The van der Waals surface area contributed by atoms with Crippen LogP contribution in [-0.2, 0) is 0 Å². The quantitative estimate of drug-likeness (QED) is 0.325. The number of para-hydroxylation sites is 2. The Morgan fingerprint density at radius 3 is 2.59 bits per heavy atom. The van der Waals surface area contributed by atoms with Gasteiger partial charge in [0, 0.05) is 37.6 Å². The van der Waals surface area contributed by atoms with E-state index in [4.69, 9.17) is 16.3 Å². The molecule has 1 saturated heterocycles. The molecule has 6 nitrogen and oxygen atoms in total. The number of ether oxygens (including phenoxy) is 1. The molecule has 9 heteroatoms. The van der Waals surface area contributed by atoms with Gasteiger partial charge in [0.15, 0.2) is 5.96 Å². The lowest BCUT2D eigenvalue weighted by Gasteiger charge is -2.38. The van der Waals surface area contributed by atoms with Gasteiger partial charge in [0.25, 0.3) is 0 Å². The fraction of sp³-hybridized carbons (Fsp3) is 0.450. The first-order valence-electron chi connectivity index (χ1n) is 9.47. The monoisotopic (exact) mass is 550 g/mol. The van der Waals surface area contributed by atoms with Crippen LogP contribution in [0.1, 0.15) is 17.9 Å². The molecule has 2 heterocycles. The van der Waals surface area contributed by atoms with Gasteiger partial charge in [0.1, 0.15) is 11.9 Å². The van der Waals surface area contributed by atoms with Gasteiger partial charge in [0.2, 0.25) is 0 Å². The van der Waals surface area contributed by atoms with E-state index in [9.17, 15) is 5.11 Å². The van der Waals surface area contributed by atoms with E-state index in [1.165, 1.54) is 11.3 Å². The number of nitrogens with zero attached hydrogens (tertiary/aromatic N) is 3. The normalized spacial score (nSPS) is 15.7. The molecule has 2 aromatic rings. The first-order chi connectivity index (χ1) is 13.6. The van der Waals surface area contributed by atoms with E-state index in [-0.39, 0.29) is 24.0 Å². The van der Waals surface area contributed by atoms with Crippen LogP contribution in [0, 0.1) is 0 Å². The molecular weight excluding hydrogens is 523 g/mol. The molecule has 2 N–H and O–H groups in total. The van der Waals surface area contributed by atoms with Gasteiger partial charge in [-0.05, 0) is 31.2 Å². The Morgan fingerprint density at radius 2 is 1.97 bits per heavy atom. The predicted molar refractivity (Wildman–Crippen MR) is 132 cm³/mol. The summed E-state index contributed by atoms with van der Waals surface area (Å²) in [4.78, 5) is 10.1. The molecule has 0 spiro atoms. The number of thiophene rings is 1. The summed E-state index contributed by atoms with van der Waals surface area (Å²) in [6, 6.07) is 11.8. The summed E-state index contributed by atoms with van der Waals surface area (Å²) in [5.74, 6) is 1.73. The molecule has 1 aliphatic rings. The minimum atomic E-state index is -0.638. The zero-order valence-corrected chi connectivity index (χ0v) is 20.6. The second-order valence-corrected chi connectivity index (χ2v) is 8.24. The zero-order valence-electron chi connectivity index (χ0n) is 16.7. The van der Waals surface area contributed by atoms with Crippen molar-refractivity contribution in [2.24, 2.45) is 4.99 Å². The average Bonchev–Trinajstić information content (AvgIpc) is 3.17. The minimum absolute atomic E-state index is 0. The number of aliphatic hydroxyl groups excluding tert-OH is 1. The summed E-state index contributed by atoms with van der Waals surface area (Å²) >= 11 is 7.35. The maximum absolute atomic E-state index is 10.4. The van der Waals surface area contributed by atoms with E-state index in [2.05, 4.69) is 33.1 Å². The maximum Gasteiger partial charge on any atom is 0.194 e. The average molecular weight is 551 g/mol. The molecule has 1 fully saturated rings. The molecule has 0 bridgehead atoms. The number of hydrogen-bond donors (Lipinski definition) is 2. The van der Waals surface area contributed by atoms with Crippen molar-refractivity contribution >= 4 is 58.6 Å². The summed E-state index contributed by atoms with van der Waals surface area (Å²) < 4.78 is 6.17. The first-order valence-corrected chi connectivity index (χ1v) is 10.7. The van der Waals surface area contributed by atoms with Gasteiger partial charge in [0.05, 0.1) is 23.7 Å². The largest absolute Gasteiger partial charge is 0.495 e. The molecule has 0 saturated carbocycles. The van der Waals surface area contributed by atoms with E-state index in [0.29, 0.717) is 10.9 Å². The molecule has 3 rings (SSSR count). The number of aliphatic imine (C=N–C) groups is 1. The van der Waals surface area contributed by atoms with E-state index in [0.717, 1.165) is 55.0 Å². The van der Waals surface area contributed by atoms with Crippen molar-refractivity contribution in [1.82, 2.24) is 10.2 Å². The Bertz CT molecular complexity index is 796. The maximum atomic E-state index is 10.4. The third kappa shape index (κ3) is 6.37. The number of benzene rings is 1. The summed E-state index contributed by atoms with van der Waals surface area (Å²) in [7, 11) is 1.71. The Labute approximate surface area is 198 Å². The highest BCUT2D eigenvalue weighted by atomic mass is 127. The third-order valence-electron chi connectivity index (χ3n) is 4.68. The fourth-order valence-corrected chi connectivity index (χ4v) is 4.28. The van der Waals surface area contributed by atoms with Crippen LogP contribution in [-0.4, -0.2) is 62.3 Å². The van der Waals surface area contributed by atoms with E-state index >= 15 is 0 Å². The standard InChI is InChI=1S/C20H27ClN4O2S.HI/c1-3-22-20(23-14-16(26)18-8-9-19(21)28-18)25-12-10-24(11-13-25)15-6-4-5-7-17(15)27-2;/h4-9,16,26H,3,10-14H2,1-2H3,(H,22,23);1H. The summed E-state index contributed by atoms with van der Waals surface area (Å²) in [6.45, 7) is 6.62. The lowest BCUT2D eigenvalue weighted by molar-refractivity contribution is 0.190. The van der Waals surface area contributed by atoms with Gasteiger partial charge >= 0.3 is 0 Å². The molecule has 29 heavy (non-hydrogen) atoms. The molecule has 160 valence electrons. The van der Waals surface area contributed by atoms with Crippen molar-refractivity contribution in [2.75, 3.05) is 51.3 Å². The molecule has 0 amide bonds. The highest BCUT2D eigenvalue weighted by Crippen LogP contribution is 2.29. The van der Waals surface area contributed by atoms with E-state index in [1.54, 1.807) is 13.2 Å². The minimum Gasteiger partial charge on any atom is -0.495 e. The van der Waals surface area contributed by atoms with Crippen molar-refractivity contribution in [3.8, 4) is 5.75 Å². The predicted octanol–water partition coefficient (Wildman–Crippen LogP) is 3.85. The number of nitrogens with one attached hydrogen (secondary N) is 1. The van der Waals surface area contributed by atoms with Gasteiger partial charge in [-0.3, -0.25) is 4.99 Å². The Hall–Kier alpha value is -1.23. The molecule has 1 aromatic carbocycles. The second-order valence-electron chi connectivity index (χ2n) is 6.50.